The zero-order valence-electron chi connectivity index (χ0n) is 8.09. The Balaban J connectivity index is 2.35. The van der Waals surface area contributed by atoms with Gasteiger partial charge < -0.3 is 5.11 Å². The Morgan fingerprint density at radius 2 is 2.15 bits per heavy atom. The summed E-state index contributed by atoms with van der Waals surface area (Å²) in [6.45, 7) is 2.36. The minimum Gasteiger partial charge on any atom is -0.392 e. The molecule has 1 nitrogen and oxygen atoms in total. The lowest BCUT2D eigenvalue weighted by atomic mass is 9.99. The second-order valence-electron chi connectivity index (χ2n) is 3.82. The molecule has 1 heteroatoms. The summed E-state index contributed by atoms with van der Waals surface area (Å²) >= 11 is 0. The van der Waals surface area contributed by atoms with Crippen LogP contribution in [0.4, 0.5) is 0 Å². The van der Waals surface area contributed by atoms with E-state index in [9.17, 15) is 0 Å². The first-order chi connectivity index (χ1) is 6.35. The van der Waals surface area contributed by atoms with Gasteiger partial charge in [-0.2, -0.15) is 0 Å². The summed E-state index contributed by atoms with van der Waals surface area (Å²) in [6.07, 6.45) is 3.78. The molecular weight excluding hydrogens is 160 g/mol. The quantitative estimate of drug-likeness (QED) is 0.750. The third-order valence-electron chi connectivity index (χ3n) is 2.79. The molecule has 70 valence electrons. The molecule has 1 aliphatic carbocycles. The molecule has 0 heterocycles. The lowest BCUT2D eigenvalue weighted by Gasteiger charge is -2.08. The Morgan fingerprint density at radius 1 is 1.38 bits per heavy atom. The van der Waals surface area contributed by atoms with Crippen molar-refractivity contribution < 1.29 is 5.11 Å². The second-order valence-corrected chi connectivity index (χ2v) is 3.82. The summed E-state index contributed by atoms with van der Waals surface area (Å²) in [5, 5.41) is 9.03. The van der Waals surface area contributed by atoms with Crippen molar-refractivity contribution in [2.75, 3.05) is 0 Å². The molecule has 2 rings (SSSR count). The van der Waals surface area contributed by atoms with E-state index in [1.54, 1.807) is 0 Å². The van der Waals surface area contributed by atoms with Gasteiger partial charge in [-0.15, -0.1) is 0 Å². The maximum Gasteiger partial charge on any atom is 0.0681 e. The van der Waals surface area contributed by atoms with Crippen LogP contribution >= 0.6 is 0 Å². The van der Waals surface area contributed by atoms with Gasteiger partial charge in [0.05, 0.1) is 6.61 Å². The van der Waals surface area contributed by atoms with E-state index in [1.807, 2.05) is 6.07 Å². The van der Waals surface area contributed by atoms with Gasteiger partial charge in [0.25, 0.3) is 0 Å². The molecule has 0 radical (unpaired) electrons. The van der Waals surface area contributed by atoms with E-state index in [4.69, 9.17) is 5.11 Å². The van der Waals surface area contributed by atoms with Gasteiger partial charge in [0, 0.05) is 0 Å². The van der Waals surface area contributed by atoms with Crippen LogP contribution < -0.4 is 0 Å². The highest BCUT2D eigenvalue weighted by Gasteiger charge is 2.25. The van der Waals surface area contributed by atoms with Crippen molar-refractivity contribution in [1.29, 1.82) is 0 Å². The maximum atomic E-state index is 9.03. The third-order valence-corrected chi connectivity index (χ3v) is 2.79. The van der Waals surface area contributed by atoms with Gasteiger partial charge in [-0.05, 0) is 41.9 Å². The van der Waals surface area contributed by atoms with Gasteiger partial charge in [0.1, 0.15) is 0 Å². The molecular formula is C12H16O. The van der Waals surface area contributed by atoms with Crippen molar-refractivity contribution in [3.63, 3.8) is 0 Å². The van der Waals surface area contributed by atoms with Crippen molar-refractivity contribution in [1.82, 2.24) is 0 Å². The third kappa shape index (κ3) is 1.75. The van der Waals surface area contributed by atoms with E-state index in [0.717, 1.165) is 17.9 Å². The van der Waals surface area contributed by atoms with E-state index >= 15 is 0 Å². The first kappa shape index (κ1) is 8.76. The van der Waals surface area contributed by atoms with Gasteiger partial charge in [-0.25, -0.2) is 0 Å². The normalized spacial score (nSPS) is 16.2. The molecule has 1 aliphatic rings. The maximum absolute atomic E-state index is 9.03. The van der Waals surface area contributed by atoms with Crippen molar-refractivity contribution in [3.05, 3.63) is 34.9 Å². The summed E-state index contributed by atoms with van der Waals surface area (Å²) in [4.78, 5) is 0. The summed E-state index contributed by atoms with van der Waals surface area (Å²) < 4.78 is 0. The van der Waals surface area contributed by atoms with Crippen LogP contribution in [0.15, 0.2) is 18.2 Å². The highest BCUT2D eigenvalue weighted by molar-refractivity contribution is 5.36. The van der Waals surface area contributed by atoms with Crippen LogP contribution in [0.3, 0.4) is 0 Å². The minimum atomic E-state index is 0.170. The molecule has 13 heavy (non-hydrogen) atoms. The van der Waals surface area contributed by atoms with E-state index in [2.05, 4.69) is 19.1 Å². The van der Waals surface area contributed by atoms with Gasteiger partial charge >= 0.3 is 0 Å². The van der Waals surface area contributed by atoms with Crippen molar-refractivity contribution in [2.24, 2.45) is 0 Å². The Labute approximate surface area is 79.4 Å². The van der Waals surface area contributed by atoms with Crippen molar-refractivity contribution in [2.45, 2.75) is 38.7 Å². The zero-order chi connectivity index (χ0) is 9.26. The fourth-order valence-corrected chi connectivity index (χ4v) is 1.84. The Bertz CT molecular complexity index is 300. The zero-order valence-corrected chi connectivity index (χ0v) is 8.09. The standard InChI is InChI=1S/C12H16O/c1-2-10-4-3-9(8-13)7-12(10)11-5-6-11/h3-4,7,11,13H,2,5-6,8H2,1H3. The van der Waals surface area contributed by atoms with Gasteiger partial charge in [0.2, 0.25) is 0 Å². The van der Waals surface area contributed by atoms with Crippen LogP contribution in [0.2, 0.25) is 0 Å². The van der Waals surface area contributed by atoms with E-state index in [0.29, 0.717) is 0 Å². The molecule has 0 spiro atoms. The molecule has 1 N–H and O–H groups in total. The van der Waals surface area contributed by atoms with Crippen molar-refractivity contribution >= 4 is 0 Å². The van der Waals surface area contributed by atoms with Crippen LogP contribution in [-0.4, -0.2) is 5.11 Å². The first-order valence-electron chi connectivity index (χ1n) is 5.07. The molecule has 0 amide bonds. The molecule has 1 saturated carbocycles. The number of aliphatic hydroxyl groups is 1. The van der Waals surface area contributed by atoms with Crippen LogP contribution in [-0.2, 0) is 13.0 Å². The average molecular weight is 176 g/mol. The van der Waals surface area contributed by atoms with E-state index in [1.165, 1.54) is 24.0 Å². The number of benzene rings is 1. The molecule has 1 aromatic carbocycles. The minimum absolute atomic E-state index is 0.170. The monoisotopic (exact) mass is 176 g/mol. The molecule has 0 aliphatic heterocycles. The number of aryl methyl sites for hydroxylation is 1. The Morgan fingerprint density at radius 3 is 2.69 bits per heavy atom. The fraction of sp³-hybridized carbons (Fsp3) is 0.500. The SMILES string of the molecule is CCc1ccc(CO)cc1C1CC1. The molecule has 1 aromatic rings. The second kappa shape index (κ2) is 3.51. The molecule has 1 fully saturated rings. The molecule has 0 atom stereocenters. The summed E-state index contributed by atoms with van der Waals surface area (Å²) in [5.74, 6) is 0.793. The summed E-state index contributed by atoms with van der Waals surface area (Å²) in [7, 11) is 0. The van der Waals surface area contributed by atoms with Crippen LogP contribution in [0.1, 0.15) is 42.4 Å². The summed E-state index contributed by atoms with van der Waals surface area (Å²) in [5.41, 5.74) is 3.99. The number of hydrogen-bond acceptors (Lipinski definition) is 1. The molecule has 0 unspecified atom stereocenters. The van der Waals surface area contributed by atoms with Crippen LogP contribution in [0, 0.1) is 0 Å². The molecule has 0 aromatic heterocycles. The van der Waals surface area contributed by atoms with E-state index in [-0.39, 0.29) is 6.61 Å². The summed E-state index contributed by atoms with van der Waals surface area (Å²) in [6, 6.07) is 6.38. The molecule has 0 bridgehead atoms. The van der Waals surface area contributed by atoms with E-state index < -0.39 is 0 Å². The topological polar surface area (TPSA) is 20.2 Å². The Kier molecular flexibility index (Phi) is 2.36. The average Bonchev–Trinajstić information content (AvgIpc) is 3.00. The van der Waals surface area contributed by atoms with Crippen LogP contribution in [0.5, 0.6) is 0 Å². The number of hydrogen-bond donors (Lipinski definition) is 1. The highest BCUT2D eigenvalue weighted by atomic mass is 16.3. The predicted molar refractivity (Wildman–Crippen MR) is 53.7 cm³/mol. The lowest BCUT2D eigenvalue weighted by Crippen LogP contribution is -1.93. The first-order valence-corrected chi connectivity index (χ1v) is 5.07. The highest BCUT2D eigenvalue weighted by Crippen LogP contribution is 2.42. The number of rotatable bonds is 3. The largest absolute Gasteiger partial charge is 0.392 e. The molecule has 0 saturated heterocycles. The Hall–Kier alpha value is -0.820. The van der Waals surface area contributed by atoms with Gasteiger partial charge in [0.15, 0.2) is 0 Å². The lowest BCUT2D eigenvalue weighted by molar-refractivity contribution is 0.281. The van der Waals surface area contributed by atoms with Crippen molar-refractivity contribution in [3.8, 4) is 0 Å². The number of aliphatic hydroxyl groups excluding tert-OH is 1. The van der Waals surface area contributed by atoms with Gasteiger partial charge in [-0.3, -0.25) is 0 Å². The fourth-order valence-electron chi connectivity index (χ4n) is 1.84. The smallest absolute Gasteiger partial charge is 0.0681 e. The predicted octanol–water partition coefficient (Wildman–Crippen LogP) is 2.62. The van der Waals surface area contributed by atoms with Crippen LogP contribution in [0.25, 0.3) is 0 Å². The van der Waals surface area contributed by atoms with Gasteiger partial charge in [-0.1, -0.05) is 25.1 Å².